The highest BCUT2D eigenvalue weighted by molar-refractivity contribution is 5.73. The molecule has 0 aliphatic rings. The van der Waals surface area contributed by atoms with Gasteiger partial charge in [0.2, 0.25) is 0 Å². The Kier molecular flexibility index (Phi) is 8.49. The third kappa shape index (κ3) is 7.52. The highest BCUT2D eigenvalue weighted by Crippen LogP contribution is 2.17. The molecule has 0 atom stereocenters. The Morgan fingerprint density at radius 2 is 1.82 bits per heavy atom. The zero-order chi connectivity index (χ0) is 16.2. The molecule has 6 nitrogen and oxygen atoms in total. The van der Waals surface area contributed by atoms with Gasteiger partial charge in [-0.1, -0.05) is 24.6 Å². The van der Waals surface area contributed by atoms with Gasteiger partial charge in [0.1, 0.15) is 5.75 Å². The zero-order valence-electron chi connectivity index (χ0n) is 12.9. The Balaban J connectivity index is 2.09. The van der Waals surface area contributed by atoms with Crippen LogP contribution in [0.25, 0.3) is 0 Å². The van der Waals surface area contributed by atoms with Crippen molar-refractivity contribution in [1.82, 2.24) is 10.6 Å². The highest BCUT2D eigenvalue weighted by atomic mass is 16.5. The third-order valence-corrected chi connectivity index (χ3v) is 3.23. The van der Waals surface area contributed by atoms with Crippen molar-refractivity contribution in [3.63, 3.8) is 0 Å². The Bertz CT molecular complexity index is 477. The Hall–Kier alpha value is -2.24. The normalized spacial score (nSPS) is 10.0. The number of nitrogens with one attached hydrogen (secondary N) is 2. The van der Waals surface area contributed by atoms with Gasteiger partial charge in [0.15, 0.2) is 0 Å². The van der Waals surface area contributed by atoms with Gasteiger partial charge in [0.25, 0.3) is 0 Å². The highest BCUT2D eigenvalue weighted by Gasteiger charge is 2.03. The number of hydrogen-bond acceptors (Lipinski definition) is 3. The number of unbranched alkanes of at least 4 members (excludes halogenated alkanes) is 2. The lowest BCUT2D eigenvalue weighted by atomic mass is 10.1. The molecule has 0 unspecified atom stereocenters. The number of amides is 2. The Morgan fingerprint density at radius 3 is 2.55 bits per heavy atom. The van der Waals surface area contributed by atoms with Crippen LogP contribution in [-0.2, 0) is 11.2 Å². The molecule has 1 rings (SSSR count). The second-order valence-electron chi connectivity index (χ2n) is 4.95. The van der Waals surface area contributed by atoms with E-state index in [0.717, 1.165) is 24.2 Å². The van der Waals surface area contributed by atoms with Crippen LogP contribution in [0.1, 0.15) is 31.2 Å². The van der Waals surface area contributed by atoms with Crippen molar-refractivity contribution in [3.8, 4) is 5.75 Å². The second-order valence-corrected chi connectivity index (χ2v) is 4.95. The smallest absolute Gasteiger partial charge is 0.314 e. The Labute approximate surface area is 130 Å². The van der Waals surface area contributed by atoms with Gasteiger partial charge in [-0.25, -0.2) is 4.79 Å². The summed E-state index contributed by atoms with van der Waals surface area (Å²) in [4.78, 5) is 21.9. The summed E-state index contributed by atoms with van der Waals surface area (Å²) in [5.41, 5.74) is 1.05. The maximum absolute atomic E-state index is 11.6. The number of ether oxygens (including phenoxy) is 1. The van der Waals surface area contributed by atoms with Crippen LogP contribution >= 0.6 is 0 Å². The van der Waals surface area contributed by atoms with E-state index in [2.05, 4.69) is 10.6 Å². The number of para-hydroxylation sites is 1. The van der Waals surface area contributed by atoms with E-state index in [4.69, 9.17) is 9.84 Å². The molecule has 0 aliphatic carbocycles. The van der Waals surface area contributed by atoms with Crippen molar-refractivity contribution >= 4 is 12.0 Å². The standard InChI is InChI=1S/C16H24N2O4/c1-22-14-8-5-4-7-13(14)10-12-18-16(21)17-11-6-2-3-9-15(19)20/h4-5,7-8H,2-3,6,9-12H2,1H3,(H,19,20)(H2,17,18,21). The number of rotatable bonds is 10. The lowest BCUT2D eigenvalue weighted by molar-refractivity contribution is -0.137. The van der Waals surface area contributed by atoms with Crippen LogP contribution < -0.4 is 15.4 Å². The monoisotopic (exact) mass is 308 g/mol. The molecule has 1 aromatic rings. The topological polar surface area (TPSA) is 87.7 Å². The van der Waals surface area contributed by atoms with Gasteiger partial charge in [-0.15, -0.1) is 0 Å². The molecule has 0 saturated carbocycles. The van der Waals surface area contributed by atoms with E-state index in [-0.39, 0.29) is 12.5 Å². The first-order valence-electron chi connectivity index (χ1n) is 7.49. The molecule has 0 bridgehead atoms. The van der Waals surface area contributed by atoms with E-state index in [1.54, 1.807) is 7.11 Å². The summed E-state index contributed by atoms with van der Waals surface area (Å²) in [6, 6.07) is 7.52. The number of carbonyl (C=O) groups is 2. The summed E-state index contributed by atoms with van der Waals surface area (Å²) in [6.45, 7) is 1.09. The predicted molar refractivity (Wildman–Crippen MR) is 84.2 cm³/mol. The summed E-state index contributed by atoms with van der Waals surface area (Å²) >= 11 is 0. The minimum atomic E-state index is -0.776. The SMILES string of the molecule is COc1ccccc1CCNC(=O)NCCCCCC(=O)O. The quantitative estimate of drug-likeness (QED) is 0.578. The van der Waals surface area contributed by atoms with Crippen LogP contribution in [0.5, 0.6) is 5.75 Å². The van der Waals surface area contributed by atoms with E-state index in [0.29, 0.717) is 25.9 Å². The first-order chi connectivity index (χ1) is 10.6. The molecule has 2 amide bonds. The second kappa shape index (κ2) is 10.5. The average molecular weight is 308 g/mol. The summed E-state index contributed by atoms with van der Waals surface area (Å²) in [5, 5.41) is 14.0. The molecule has 122 valence electrons. The fourth-order valence-corrected chi connectivity index (χ4v) is 2.06. The maximum atomic E-state index is 11.6. The molecule has 0 aromatic heterocycles. The molecule has 0 aliphatic heterocycles. The average Bonchev–Trinajstić information content (AvgIpc) is 2.51. The number of carbonyl (C=O) groups excluding carboxylic acids is 1. The molecule has 0 fully saturated rings. The fraction of sp³-hybridized carbons (Fsp3) is 0.500. The maximum Gasteiger partial charge on any atom is 0.314 e. The van der Waals surface area contributed by atoms with E-state index in [1.807, 2.05) is 24.3 Å². The minimum absolute atomic E-state index is 0.186. The molecular formula is C16H24N2O4. The van der Waals surface area contributed by atoms with Gasteiger partial charge in [-0.05, 0) is 30.9 Å². The van der Waals surface area contributed by atoms with E-state index in [9.17, 15) is 9.59 Å². The van der Waals surface area contributed by atoms with Crippen molar-refractivity contribution in [1.29, 1.82) is 0 Å². The van der Waals surface area contributed by atoms with Gasteiger partial charge in [-0.3, -0.25) is 4.79 Å². The van der Waals surface area contributed by atoms with Crippen LogP contribution in [0, 0.1) is 0 Å². The summed E-state index contributed by atoms with van der Waals surface area (Å²) in [5.74, 6) is 0.0465. The summed E-state index contributed by atoms with van der Waals surface area (Å²) in [6.07, 6.45) is 3.12. The molecule has 0 radical (unpaired) electrons. The lowest BCUT2D eigenvalue weighted by Gasteiger charge is -2.10. The van der Waals surface area contributed by atoms with Crippen molar-refractivity contribution in [2.24, 2.45) is 0 Å². The van der Waals surface area contributed by atoms with Gasteiger partial charge in [-0.2, -0.15) is 0 Å². The van der Waals surface area contributed by atoms with Gasteiger partial charge in [0.05, 0.1) is 7.11 Å². The van der Waals surface area contributed by atoms with Crippen LogP contribution in [-0.4, -0.2) is 37.3 Å². The molecule has 22 heavy (non-hydrogen) atoms. The molecular weight excluding hydrogens is 284 g/mol. The fourth-order valence-electron chi connectivity index (χ4n) is 2.06. The van der Waals surface area contributed by atoms with Crippen molar-refractivity contribution in [3.05, 3.63) is 29.8 Å². The number of benzene rings is 1. The zero-order valence-corrected chi connectivity index (χ0v) is 12.9. The van der Waals surface area contributed by atoms with Gasteiger partial charge < -0.3 is 20.5 Å². The molecule has 6 heteroatoms. The summed E-state index contributed by atoms with van der Waals surface area (Å²) < 4.78 is 5.25. The first kappa shape index (κ1) is 17.8. The van der Waals surface area contributed by atoms with Crippen molar-refractivity contribution in [2.75, 3.05) is 20.2 Å². The van der Waals surface area contributed by atoms with Gasteiger partial charge >= 0.3 is 12.0 Å². The van der Waals surface area contributed by atoms with E-state index >= 15 is 0 Å². The number of carboxylic acid groups (broad SMARTS) is 1. The number of methoxy groups -OCH3 is 1. The van der Waals surface area contributed by atoms with E-state index in [1.165, 1.54) is 0 Å². The largest absolute Gasteiger partial charge is 0.496 e. The molecule has 0 heterocycles. The minimum Gasteiger partial charge on any atom is -0.496 e. The predicted octanol–water partition coefficient (Wildman–Crippen LogP) is 2.18. The van der Waals surface area contributed by atoms with Crippen molar-refractivity contribution in [2.45, 2.75) is 32.1 Å². The lowest BCUT2D eigenvalue weighted by Crippen LogP contribution is -2.37. The Morgan fingerprint density at radius 1 is 1.09 bits per heavy atom. The van der Waals surface area contributed by atoms with Crippen LogP contribution in [0.4, 0.5) is 4.79 Å². The van der Waals surface area contributed by atoms with Crippen LogP contribution in [0.3, 0.4) is 0 Å². The van der Waals surface area contributed by atoms with Crippen molar-refractivity contribution < 1.29 is 19.4 Å². The third-order valence-electron chi connectivity index (χ3n) is 3.23. The number of carboxylic acids is 1. The molecule has 3 N–H and O–H groups in total. The van der Waals surface area contributed by atoms with E-state index < -0.39 is 5.97 Å². The number of hydrogen-bond donors (Lipinski definition) is 3. The molecule has 0 saturated heterocycles. The van der Waals surface area contributed by atoms with Crippen LogP contribution in [0.2, 0.25) is 0 Å². The van der Waals surface area contributed by atoms with Crippen LogP contribution in [0.15, 0.2) is 24.3 Å². The summed E-state index contributed by atoms with van der Waals surface area (Å²) in [7, 11) is 1.63. The molecule has 0 spiro atoms. The molecule has 1 aromatic carbocycles. The number of urea groups is 1. The number of aliphatic carboxylic acids is 1. The van der Waals surface area contributed by atoms with Gasteiger partial charge in [0, 0.05) is 19.5 Å². The first-order valence-corrected chi connectivity index (χ1v) is 7.49.